The van der Waals surface area contributed by atoms with Crippen molar-refractivity contribution in [3.63, 3.8) is 0 Å². The number of carbonyl (C=O) groups is 1. The number of ketones is 1. The van der Waals surface area contributed by atoms with Crippen molar-refractivity contribution < 1.29 is 4.79 Å². The van der Waals surface area contributed by atoms with Gasteiger partial charge < -0.3 is 5.32 Å². The van der Waals surface area contributed by atoms with Gasteiger partial charge in [-0.1, -0.05) is 67.9 Å². The Bertz CT molecular complexity index is 1160. The van der Waals surface area contributed by atoms with E-state index in [1.54, 1.807) is 0 Å². The molecule has 3 aromatic carbocycles. The van der Waals surface area contributed by atoms with E-state index in [4.69, 9.17) is 11.6 Å². The van der Waals surface area contributed by atoms with E-state index in [1.807, 2.05) is 24.3 Å². The van der Waals surface area contributed by atoms with Crippen LogP contribution < -0.4 is 5.32 Å². The van der Waals surface area contributed by atoms with Gasteiger partial charge >= 0.3 is 0 Å². The molecule has 0 aromatic heterocycles. The molecule has 0 radical (unpaired) electrons. The van der Waals surface area contributed by atoms with Crippen molar-refractivity contribution in [1.82, 2.24) is 0 Å². The second-order valence-corrected chi connectivity index (χ2v) is 9.11. The molecule has 1 unspecified atom stereocenters. The van der Waals surface area contributed by atoms with Gasteiger partial charge in [-0.2, -0.15) is 0 Å². The van der Waals surface area contributed by atoms with Crippen LogP contribution >= 0.6 is 11.6 Å². The summed E-state index contributed by atoms with van der Waals surface area (Å²) in [6.45, 7) is 4.38. The van der Waals surface area contributed by atoms with Crippen LogP contribution in [0, 0.1) is 5.41 Å². The van der Waals surface area contributed by atoms with Crippen molar-refractivity contribution in [2.75, 3.05) is 5.32 Å². The minimum Gasteiger partial charge on any atom is -0.373 e. The molecule has 1 N–H and O–H groups in total. The molecular formula is C25H22ClNO. The number of carbonyl (C=O) groups excluding carboxylic acids is 1. The van der Waals surface area contributed by atoms with Crippen LogP contribution in [0.3, 0.4) is 0 Å². The molecule has 1 aliphatic heterocycles. The van der Waals surface area contributed by atoms with Crippen molar-refractivity contribution in [1.29, 1.82) is 0 Å². The predicted octanol–water partition coefficient (Wildman–Crippen LogP) is 6.80. The predicted molar refractivity (Wildman–Crippen MR) is 117 cm³/mol. The number of anilines is 1. The summed E-state index contributed by atoms with van der Waals surface area (Å²) in [6.07, 6.45) is 1.47. The number of rotatable bonds is 1. The van der Waals surface area contributed by atoms with Gasteiger partial charge in [0.15, 0.2) is 5.78 Å². The zero-order valence-electron chi connectivity index (χ0n) is 16.1. The normalized spacial score (nSPS) is 20.5. The standard InChI is InChI=1S/C25H22ClNO/c1-25(2)13-19-22-18-9-4-3-6-15(18)10-11-20(22)27-24(23(19)21(28)14-25)16-7-5-8-17(26)12-16/h3-12,24,27H,13-14H2,1-2H3. The van der Waals surface area contributed by atoms with Crippen LogP contribution in [0.1, 0.15) is 43.9 Å². The number of allylic oxidation sites excluding steroid dienone is 1. The van der Waals surface area contributed by atoms with Crippen LogP contribution in [0.2, 0.25) is 5.02 Å². The Hall–Kier alpha value is -2.58. The van der Waals surface area contributed by atoms with E-state index in [9.17, 15) is 4.79 Å². The maximum Gasteiger partial charge on any atom is 0.162 e. The van der Waals surface area contributed by atoms with Crippen LogP contribution in [0.5, 0.6) is 0 Å². The van der Waals surface area contributed by atoms with Gasteiger partial charge in [-0.05, 0) is 51.9 Å². The number of Topliss-reactive ketones (excluding diaryl/α,β-unsaturated/α-hetero) is 1. The summed E-state index contributed by atoms with van der Waals surface area (Å²) in [4.78, 5) is 13.3. The fourth-order valence-electron chi connectivity index (χ4n) is 4.77. The summed E-state index contributed by atoms with van der Waals surface area (Å²) in [5.41, 5.74) is 5.37. The molecule has 0 bridgehead atoms. The second kappa shape index (κ2) is 6.22. The van der Waals surface area contributed by atoms with Crippen LogP contribution in [0.4, 0.5) is 5.69 Å². The summed E-state index contributed by atoms with van der Waals surface area (Å²) in [5, 5.41) is 6.75. The van der Waals surface area contributed by atoms with E-state index in [1.165, 1.54) is 21.9 Å². The summed E-state index contributed by atoms with van der Waals surface area (Å²) in [7, 11) is 0. The number of nitrogens with one attached hydrogen (secondary N) is 1. The Morgan fingerprint density at radius 1 is 1.00 bits per heavy atom. The molecule has 3 aromatic rings. The fourth-order valence-corrected chi connectivity index (χ4v) is 4.97. The van der Waals surface area contributed by atoms with Crippen molar-refractivity contribution in [2.24, 2.45) is 5.41 Å². The molecule has 0 spiro atoms. The number of hydrogen-bond donors (Lipinski definition) is 1. The van der Waals surface area contributed by atoms with Gasteiger partial charge in [0.05, 0.1) is 6.04 Å². The molecule has 1 atom stereocenters. The van der Waals surface area contributed by atoms with E-state index in [0.29, 0.717) is 11.4 Å². The maximum absolute atomic E-state index is 13.3. The third kappa shape index (κ3) is 2.75. The monoisotopic (exact) mass is 387 g/mol. The van der Waals surface area contributed by atoms with E-state index >= 15 is 0 Å². The van der Waals surface area contributed by atoms with Crippen LogP contribution in [0.15, 0.2) is 66.2 Å². The fraction of sp³-hybridized carbons (Fsp3) is 0.240. The zero-order valence-corrected chi connectivity index (χ0v) is 16.8. The highest BCUT2D eigenvalue weighted by molar-refractivity contribution is 6.30. The topological polar surface area (TPSA) is 29.1 Å². The Morgan fingerprint density at radius 3 is 2.64 bits per heavy atom. The number of hydrogen-bond acceptors (Lipinski definition) is 2. The van der Waals surface area contributed by atoms with Crippen LogP contribution in [-0.4, -0.2) is 5.78 Å². The lowest BCUT2D eigenvalue weighted by Crippen LogP contribution is -2.33. The Labute approximate surface area is 170 Å². The first-order valence-corrected chi connectivity index (χ1v) is 10.1. The third-order valence-electron chi connectivity index (χ3n) is 5.92. The van der Waals surface area contributed by atoms with Crippen molar-refractivity contribution in [2.45, 2.75) is 32.7 Å². The van der Waals surface area contributed by atoms with Gasteiger partial charge in [-0.3, -0.25) is 4.79 Å². The molecule has 5 rings (SSSR count). The van der Waals surface area contributed by atoms with Crippen molar-refractivity contribution in [3.8, 4) is 0 Å². The lowest BCUT2D eigenvalue weighted by atomic mass is 9.68. The lowest BCUT2D eigenvalue weighted by Gasteiger charge is -2.40. The first kappa shape index (κ1) is 17.5. The third-order valence-corrected chi connectivity index (χ3v) is 6.16. The van der Waals surface area contributed by atoms with Gasteiger partial charge in [-0.25, -0.2) is 0 Å². The van der Waals surface area contributed by atoms with Crippen molar-refractivity contribution in [3.05, 3.63) is 82.4 Å². The highest BCUT2D eigenvalue weighted by atomic mass is 35.5. The minimum absolute atomic E-state index is 0.0413. The highest BCUT2D eigenvalue weighted by Crippen LogP contribution is 2.52. The Balaban J connectivity index is 1.81. The molecule has 0 amide bonds. The Morgan fingerprint density at radius 2 is 1.82 bits per heavy atom. The van der Waals surface area contributed by atoms with E-state index < -0.39 is 0 Å². The molecule has 140 valence electrons. The van der Waals surface area contributed by atoms with Gasteiger partial charge in [0.2, 0.25) is 0 Å². The highest BCUT2D eigenvalue weighted by Gasteiger charge is 2.40. The van der Waals surface area contributed by atoms with Gasteiger partial charge in [0, 0.05) is 28.3 Å². The average molecular weight is 388 g/mol. The summed E-state index contributed by atoms with van der Waals surface area (Å²) < 4.78 is 0. The van der Waals surface area contributed by atoms with Crippen LogP contribution in [0.25, 0.3) is 16.3 Å². The maximum atomic E-state index is 13.3. The molecule has 0 fully saturated rings. The van der Waals surface area contributed by atoms with Gasteiger partial charge in [0.1, 0.15) is 0 Å². The van der Waals surface area contributed by atoms with Crippen LogP contribution in [-0.2, 0) is 4.79 Å². The average Bonchev–Trinajstić information content (AvgIpc) is 2.66. The number of fused-ring (bicyclic) bond motifs is 4. The van der Waals surface area contributed by atoms with E-state index in [2.05, 4.69) is 55.6 Å². The molecule has 2 nitrogen and oxygen atoms in total. The number of halogens is 1. The molecule has 1 aliphatic carbocycles. The second-order valence-electron chi connectivity index (χ2n) is 8.67. The van der Waals surface area contributed by atoms with E-state index in [0.717, 1.165) is 23.2 Å². The zero-order chi connectivity index (χ0) is 19.5. The van der Waals surface area contributed by atoms with Gasteiger partial charge in [-0.15, -0.1) is 0 Å². The molecule has 0 saturated heterocycles. The first-order valence-electron chi connectivity index (χ1n) is 9.73. The van der Waals surface area contributed by atoms with E-state index in [-0.39, 0.29) is 17.2 Å². The summed E-state index contributed by atoms with van der Waals surface area (Å²) in [5.74, 6) is 0.238. The van der Waals surface area contributed by atoms with Crippen molar-refractivity contribution >= 4 is 39.4 Å². The largest absolute Gasteiger partial charge is 0.373 e. The Kier molecular flexibility index (Phi) is 3.89. The number of benzene rings is 3. The quantitative estimate of drug-likeness (QED) is 0.497. The first-order chi connectivity index (χ1) is 13.4. The van der Waals surface area contributed by atoms with Gasteiger partial charge in [0.25, 0.3) is 0 Å². The molecular weight excluding hydrogens is 366 g/mol. The summed E-state index contributed by atoms with van der Waals surface area (Å²) >= 11 is 6.27. The lowest BCUT2D eigenvalue weighted by molar-refractivity contribution is -0.118. The molecule has 0 saturated carbocycles. The molecule has 28 heavy (non-hydrogen) atoms. The molecule has 3 heteroatoms. The summed E-state index contributed by atoms with van der Waals surface area (Å²) in [6, 6.07) is 20.4. The SMILES string of the molecule is CC1(C)CC(=O)C2=C(C1)c1c(ccc3ccccc13)NC2c1cccc(Cl)c1. The minimum atomic E-state index is -0.161. The molecule has 1 heterocycles. The molecule has 2 aliphatic rings. The smallest absolute Gasteiger partial charge is 0.162 e.